The van der Waals surface area contributed by atoms with E-state index < -0.39 is 0 Å². The zero-order valence-corrected chi connectivity index (χ0v) is 12.9. The van der Waals surface area contributed by atoms with E-state index in [4.69, 9.17) is 0 Å². The molecule has 0 aliphatic rings. The number of para-hydroxylation sites is 2. The molecule has 1 amide bonds. The number of carbonyl (C=O) groups excluding carboxylic acids is 1. The fraction of sp³-hybridized carbons (Fsp3) is 0. The standard InChI is InChI=1S/C20H15N3O/c24-20(22-23-14-21-18-12-6-7-13-19(18)23)17-11-5-4-10-16(17)15-8-2-1-3-9-15/h1-14H,(H,22,24). The number of hydrogen-bond acceptors (Lipinski definition) is 2. The smallest absolute Gasteiger partial charge is 0.267 e. The van der Waals surface area contributed by atoms with Crippen LogP contribution in [0, 0.1) is 0 Å². The van der Waals surface area contributed by atoms with Crippen molar-refractivity contribution < 1.29 is 4.79 Å². The predicted molar refractivity (Wildman–Crippen MR) is 95.3 cm³/mol. The van der Waals surface area contributed by atoms with Crippen molar-refractivity contribution in [3.63, 3.8) is 0 Å². The lowest BCUT2D eigenvalue weighted by Gasteiger charge is -2.11. The fourth-order valence-electron chi connectivity index (χ4n) is 2.77. The number of benzene rings is 3. The predicted octanol–water partition coefficient (Wildman–Crippen LogP) is 4.09. The molecule has 0 unspecified atom stereocenters. The van der Waals surface area contributed by atoms with Crippen LogP contribution in [-0.4, -0.2) is 15.6 Å². The number of rotatable bonds is 3. The lowest BCUT2D eigenvalue weighted by atomic mass is 9.99. The van der Waals surface area contributed by atoms with Crippen LogP contribution in [-0.2, 0) is 0 Å². The highest BCUT2D eigenvalue weighted by molar-refractivity contribution is 6.05. The summed E-state index contributed by atoms with van der Waals surface area (Å²) in [5, 5.41) is 0. The molecular weight excluding hydrogens is 298 g/mol. The number of nitrogens with one attached hydrogen (secondary N) is 1. The minimum absolute atomic E-state index is 0.169. The van der Waals surface area contributed by atoms with Crippen LogP contribution in [0.3, 0.4) is 0 Å². The Morgan fingerprint density at radius 2 is 1.54 bits per heavy atom. The molecule has 3 aromatic carbocycles. The second-order valence-corrected chi connectivity index (χ2v) is 5.46. The van der Waals surface area contributed by atoms with E-state index in [0.717, 1.165) is 22.2 Å². The summed E-state index contributed by atoms with van der Waals surface area (Å²) in [4.78, 5) is 17.1. The topological polar surface area (TPSA) is 46.9 Å². The van der Waals surface area contributed by atoms with Gasteiger partial charge in [0.05, 0.1) is 11.0 Å². The second kappa shape index (κ2) is 6.01. The Bertz CT molecular complexity index is 1010. The first kappa shape index (κ1) is 14.2. The Kier molecular flexibility index (Phi) is 3.56. The number of amides is 1. The van der Waals surface area contributed by atoms with Crippen molar-refractivity contribution >= 4 is 16.9 Å². The molecule has 0 saturated heterocycles. The van der Waals surface area contributed by atoms with Crippen LogP contribution in [0.5, 0.6) is 0 Å². The number of fused-ring (bicyclic) bond motifs is 1. The monoisotopic (exact) mass is 313 g/mol. The van der Waals surface area contributed by atoms with Crippen molar-refractivity contribution in [3.05, 3.63) is 90.8 Å². The minimum Gasteiger partial charge on any atom is -0.267 e. The minimum atomic E-state index is -0.169. The van der Waals surface area contributed by atoms with Crippen LogP contribution in [0.2, 0.25) is 0 Å². The molecule has 0 radical (unpaired) electrons. The molecule has 1 heterocycles. The van der Waals surface area contributed by atoms with E-state index >= 15 is 0 Å². The number of hydrogen-bond donors (Lipinski definition) is 1. The van der Waals surface area contributed by atoms with Crippen LogP contribution in [0.15, 0.2) is 85.2 Å². The number of aromatic nitrogens is 2. The molecule has 4 rings (SSSR count). The molecule has 0 aliphatic carbocycles. The first-order chi connectivity index (χ1) is 11.8. The maximum atomic E-state index is 12.8. The van der Waals surface area contributed by atoms with Gasteiger partial charge in [-0.05, 0) is 29.3 Å². The molecule has 0 aliphatic heterocycles. The van der Waals surface area contributed by atoms with Gasteiger partial charge in [-0.15, -0.1) is 0 Å². The van der Waals surface area contributed by atoms with E-state index in [1.54, 1.807) is 11.0 Å². The Labute approximate surface area is 139 Å². The van der Waals surface area contributed by atoms with Gasteiger partial charge in [0, 0.05) is 5.56 Å². The Morgan fingerprint density at radius 3 is 2.42 bits per heavy atom. The Hall–Kier alpha value is -3.40. The lowest BCUT2D eigenvalue weighted by molar-refractivity contribution is 0.101. The first-order valence-electron chi connectivity index (χ1n) is 7.71. The second-order valence-electron chi connectivity index (χ2n) is 5.46. The molecule has 0 spiro atoms. The summed E-state index contributed by atoms with van der Waals surface area (Å²) in [6.45, 7) is 0. The molecule has 4 heteroatoms. The van der Waals surface area contributed by atoms with E-state index in [9.17, 15) is 4.79 Å². The Balaban J connectivity index is 1.71. The third-order valence-electron chi connectivity index (χ3n) is 3.93. The number of carbonyl (C=O) groups is 1. The highest BCUT2D eigenvalue weighted by Gasteiger charge is 2.13. The maximum Gasteiger partial charge on any atom is 0.270 e. The zero-order chi connectivity index (χ0) is 16.4. The molecule has 4 nitrogen and oxygen atoms in total. The van der Waals surface area contributed by atoms with Crippen molar-refractivity contribution in [1.29, 1.82) is 0 Å². The summed E-state index contributed by atoms with van der Waals surface area (Å²) in [6, 6.07) is 25.2. The summed E-state index contributed by atoms with van der Waals surface area (Å²) >= 11 is 0. The van der Waals surface area contributed by atoms with E-state index in [1.165, 1.54) is 0 Å². The SMILES string of the molecule is O=C(Nn1cnc2ccccc21)c1ccccc1-c1ccccc1. The summed E-state index contributed by atoms with van der Waals surface area (Å²) < 4.78 is 1.65. The molecule has 0 saturated carbocycles. The highest BCUT2D eigenvalue weighted by Crippen LogP contribution is 2.23. The molecule has 4 aromatic rings. The quantitative estimate of drug-likeness (QED) is 0.619. The van der Waals surface area contributed by atoms with E-state index in [1.807, 2.05) is 78.9 Å². The molecule has 0 bridgehead atoms. The van der Waals surface area contributed by atoms with Gasteiger partial charge in [-0.1, -0.05) is 60.7 Å². The third-order valence-corrected chi connectivity index (χ3v) is 3.93. The summed E-state index contributed by atoms with van der Waals surface area (Å²) in [5.74, 6) is -0.169. The van der Waals surface area contributed by atoms with Gasteiger partial charge in [0.25, 0.3) is 5.91 Å². The van der Waals surface area contributed by atoms with Crippen LogP contribution in [0.1, 0.15) is 10.4 Å². The van der Waals surface area contributed by atoms with E-state index in [0.29, 0.717) is 5.56 Å². The van der Waals surface area contributed by atoms with Crippen LogP contribution in [0.4, 0.5) is 0 Å². The zero-order valence-electron chi connectivity index (χ0n) is 12.9. The van der Waals surface area contributed by atoms with Gasteiger partial charge in [-0.3, -0.25) is 10.2 Å². The van der Waals surface area contributed by atoms with Crippen LogP contribution < -0.4 is 5.43 Å². The third kappa shape index (κ3) is 2.54. The average Bonchev–Trinajstić information content (AvgIpc) is 3.05. The van der Waals surface area contributed by atoms with E-state index in [2.05, 4.69) is 10.4 Å². The van der Waals surface area contributed by atoms with Crippen LogP contribution in [0.25, 0.3) is 22.2 Å². The fourth-order valence-corrected chi connectivity index (χ4v) is 2.77. The molecule has 1 aromatic heterocycles. The maximum absolute atomic E-state index is 12.8. The van der Waals surface area contributed by atoms with Crippen molar-refractivity contribution in [2.24, 2.45) is 0 Å². The van der Waals surface area contributed by atoms with Gasteiger partial charge in [-0.25, -0.2) is 9.66 Å². The Morgan fingerprint density at radius 1 is 0.833 bits per heavy atom. The normalized spacial score (nSPS) is 10.7. The van der Waals surface area contributed by atoms with Crippen molar-refractivity contribution in [2.75, 3.05) is 5.43 Å². The van der Waals surface area contributed by atoms with Crippen molar-refractivity contribution in [2.45, 2.75) is 0 Å². The molecule has 0 fully saturated rings. The summed E-state index contributed by atoms with van der Waals surface area (Å²) in [6.07, 6.45) is 1.62. The highest BCUT2D eigenvalue weighted by atomic mass is 16.2. The van der Waals surface area contributed by atoms with Gasteiger partial charge in [0.1, 0.15) is 6.33 Å². The lowest BCUT2D eigenvalue weighted by Crippen LogP contribution is -2.22. The molecule has 0 atom stereocenters. The summed E-state index contributed by atoms with van der Waals surface area (Å²) in [7, 11) is 0. The van der Waals surface area contributed by atoms with Gasteiger partial charge in [-0.2, -0.15) is 0 Å². The molecule has 24 heavy (non-hydrogen) atoms. The van der Waals surface area contributed by atoms with Gasteiger partial charge >= 0.3 is 0 Å². The first-order valence-corrected chi connectivity index (χ1v) is 7.71. The van der Waals surface area contributed by atoms with Crippen molar-refractivity contribution in [1.82, 2.24) is 9.66 Å². The number of nitrogens with zero attached hydrogens (tertiary/aromatic N) is 2. The largest absolute Gasteiger partial charge is 0.270 e. The van der Waals surface area contributed by atoms with Gasteiger partial charge in [0.2, 0.25) is 0 Å². The molecule has 116 valence electrons. The average molecular weight is 313 g/mol. The molecule has 1 N–H and O–H groups in total. The van der Waals surface area contributed by atoms with Gasteiger partial charge in [0.15, 0.2) is 0 Å². The van der Waals surface area contributed by atoms with Gasteiger partial charge < -0.3 is 0 Å². The molecular formula is C20H15N3O. The van der Waals surface area contributed by atoms with Crippen LogP contribution >= 0.6 is 0 Å². The van der Waals surface area contributed by atoms with Crippen molar-refractivity contribution in [3.8, 4) is 11.1 Å². The van der Waals surface area contributed by atoms with E-state index in [-0.39, 0.29) is 5.91 Å². The summed E-state index contributed by atoms with van der Waals surface area (Å²) in [5.41, 5.74) is 7.15. The number of imidazole rings is 1.